The molecular formula is C18H23FN4O. The van der Waals surface area contributed by atoms with E-state index in [9.17, 15) is 9.18 Å². The number of benzene rings is 1. The third-order valence-electron chi connectivity index (χ3n) is 4.26. The molecule has 0 bridgehead atoms. The van der Waals surface area contributed by atoms with Crippen LogP contribution in [-0.2, 0) is 19.5 Å². The quantitative estimate of drug-likeness (QED) is 0.885. The minimum absolute atomic E-state index is 0.0593. The fourth-order valence-electron chi connectivity index (χ4n) is 3.17. The average molecular weight is 330 g/mol. The number of aromatic nitrogens is 2. The maximum atomic E-state index is 13.2. The summed E-state index contributed by atoms with van der Waals surface area (Å²) in [4.78, 5) is 16.5. The third-order valence-corrected chi connectivity index (χ3v) is 4.26. The molecule has 5 nitrogen and oxygen atoms in total. The van der Waals surface area contributed by atoms with Crippen LogP contribution in [0.2, 0.25) is 0 Å². The Morgan fingerprint density at radius 2 is 2.29 bits per heavy atom. The second kappa shape index (κ2) is 7.03. The van der Waals surface area contributed by atoms with Gasteiger partial charge in [-0.15, -0.1) is 0 Å². The number of fused-ring (bicyclic) bond motifs is 1. The highest BCUT2D eigenvalue weighted by molar-refractivity contribution is 5.74. The molecule has 0 saturated heterocycles. The molecule has 24 heavy (non-hydrogen) atoms. The molecule has 2 aromatic rings. The molecule has 2 N–H and O–H groups in total. The summed E-state index contributed by atoms with van der Waals surface area (Å²) in [6.07, 6.45) is 5.26. The van der Waals surface area contributed by atoms with E-state index in [2.05, 4.69) is 34.0 Å². The molecule has 0 radical (unpaired) electrons. The van der Waals surface area contributed by atoms with Gasteiger partial charge in [-0.1, -0.05) is 19.9 Å². The van der Waals surface area contributed by atoms with Gasteiger partial charge >= 0.3 is 6.03 Å². The van der Waals surface area contributed by atoms with Gasteiger partial charge in [-0.25, -0.2) is 14.2 Å². The fraction of sp³-hybridized carbons (Fsp3) is 0.444. The van der Waals surface area contributed by atoms with Crippen molar-refractivity contribution in [1.82, 2.24) is 20.2 Å². The Labute approximate surface area is 141 Å². The Kier molecular flexibility index (Phi) is 4.83. The van der Waals surface area contributed by atoms with E-state index >= 15 is 0 Å². The first-order valence-electron chi connectivity index (χ1n) is 8.35. The van der Waals surface area contributed by atoms with Gasteiger partial charge in [-0.2, -0.15) is 0 Å². The topological polar surface area (TPSA) is 59.0 Å². The van der Waals surface area contributed by atoms with Gasteiger partial charge in [0.1, 0.15) is 11.6 Å². The molecule has 0 fully saturated rings. The van der Waals surface area contributed by atoms with Crippen molar-refractivity contribution in [3.8, 4) is 0 Å². The Balaban J connectivity index is 1.55. The lowest BCUT2D eigenvalue weighted by molar-refractivity contribution is 0.236. The molecule has 1 heterocycles. The first-order valence-corrected chi connectivity index (χ1v) is 8.35. The highest BCUT2D eigenvalue weighted by atomic mass is 19.1. The van der Waals surface area contributed by atoms with Gasteiger partial charge in [0.2, 0.25) is 0 Å². The van der Waals surface area contributed by atoms with E-state index in [-0.39, 0.29) is 17.9 Å². The summed E-state index contributed by atoms with van der Waals surface area (Å²) in [5, 5.41) is 5.83. The number of imidazole rings is 1. The van der Waals surface area contributed by atoms with Gasteiger partial charge < -0.3 is 15.2 Å². The summed E-state index contributed by atoms with van der Waals surface area (Å²) in [6, 6.07) is 4.47. The smallest absolute Gasteiger partial charge is 0.315 e. The van der Waals surface area contributed by atoms with Crippen LogP contribution < -0.4 is 10.6 Å². The van der Waals surface area contributed by atoms with Crippen molar-refractivity contribution < 1.29 is 9.18 Å². The van der Waals surface area contributed by atoms with Crippen LogP contribution in [0.15, 0.2) is 30.6 Å². The van der Waals surface area contributed by atoms with Crippen LogP contribution in [0.4, 0.5) is 9.18 Å². The van der Waals surface area contributed by atoms with Crippen molar-refractivity contribution in [2.45, 2.75) is 45.8 Å². The summed E-state index contributed by atoms with van der Waals surface area (Å²) in [7, 11) is 0. The van der Waals surface area contributed by atoms with Crippen LogP contribution in [-0.4, -0.2) is 15.6 Å². The van der Waals surface area contributed by atoms with E-state index < -0.39 is 0 Å². The number of carbonyl (C=O) groups is 1. The van der Waals surface area contributed by atoms with Crippen molar-refractivity contribution in [2.24, 2.45) is 5.92 Å². The fourth-order valence-corrected chi connectivity index (χ4v) is 3.17. The molecule has 1 aliphatic rings. The maximum Gasteiger partial charge on any atom is 0.315 e. The van der Waals surface area contributed by atoms with Gasteiger partial charge in [-0.05, 0) is 42.0 Å². The molecule has 6 heteroatoms. The lowest BCUT2D eigenvalue weighted by atomic mass is 10.1. The van der Waals surface area contributed by atoms with E-state index in [4.69, 9.17) is 0 Å². The maximum absolute atomic E-state index is 13.2. The molecule has 0 spiro atoms. The number of hydrogen-bond acceptors (Lipinski definition) is 2. The highest BCUT2D eigenvalue weighted by Gasteiger charge is 2.24. The van der Waals surface area contributed by atoms with Crippen LogP contribution in [0.5, 0.6) is 0 Å². The molecule has 2 amide bonds. The van der Waals surface area contributed by atoms with Gasteiger partial charge in [0.25, 0.3) is 0 Å². The lowest BCUT2D eigenvalue weighted by Gasteiger charge is -2.15. The van der Waals surface area contributed by atoms with Crippen LogP contribution in [0, 0.1) is 11.7 Å². The summed E-state index contributed by atoms with van der Waals surface area (Å²) in [6.45, 7) is 5.54. The standard InChI is InChI=1S/C18H23FN4O/c1-12(2)11-23-8-7-20-17(23)10-21-18(24)22-16-6-3-13-9-14(19)4-5-15(13)16/h4-5,7-9,12,16H,3,6,10-11H2,1-2H3,(H2,21,22,24). The molecule has 0 aliphatic heterocycles. The number of hydrogen-bond donors (Lipinski definition) is 2. The number of nitrogens with zero attached hydrogens (tertiary/aromatic N) is 2. The molecular weight excluding hydrogens is 307 g/mol. The number of carbonyl (C=O) groups excluding carboxylic acids is 1. The summed E-state index contributed by atoms with van der Waals surface area (Å²) in [5.74, 6) is 1.13. The van der Waals surface area contributed by atoms with Crippen molar-refractivity contribution in [1.29, 1.82) is 0 Å². The monoisotopic (exact) mass is 330 g/mol. The Hall–Kier alpha value is -2.37. The number of amides is 2. The zero-order chi connectivity index (χ0) is 17.1. The van der Waals surface area contributed by atoms with E-state index in [1.807, 2.05) is 6.20 Å². The number of urea groups is 1. The third kappa shape index (κ3) is 3.75. The molecule has 1 aliphatic carbocycles. The molecule has 1 aromatic carbocycles. The normalized spacial score (nSPS) is 16.2. The van der Waals surface area contributed by atoms with E-state index in [0.29, 0.717) is 12.5 Å². The summed E-state index contributed by atoms with van der Waals surface area (Å²) in [5.41, 5.74) is 1.99. The van der Waals surface area contributed by atoms with Crippen molar-refractivity contribution >= 4 is 6.03 Å². The Morgan fingerprint density at radius 3 is 3.08 bits per heavy atom. The predicted molar refractivity (Wildman–Crippen MR) is 89.9 cm³/mol. The first-order chi connectivity index (χ1) is 11.5. The molecule has 1 aromatic heterocycles. The number of nitrogens with one attached hydrogen (secondary N) is 2. The highest BCUT2D eigenvalue weighted by Crippen LogP contribution is 2.31. The van der Waals surface area contributed by atoms with Crippen LogP contribution in [0.3, 0.4) is 0 Å². The number of aryl methyl sites for hydroxylation is 1. The van der Waals surface area contributed by atoms with Crippen molar-refractivity contribution in [3.05, 3.63) is 53.4 Å². The molecule has 3 rings (SSSR count). The molecule has 0 saturated carbocycles. The van der Waals surface area contributed by atoms with Crippen LogP contribution in [0.25, 0.3) is 0 Å². The first kappa shape index (κ1) is 16.5. The minimum atomic E-state index is -0.226. The largest absolute Gasteiger partial charge is 0.333 e. The van der Waals surface area contributed by atoms with Gasteiger partial charge in [0, 0.05) is 18.9 Å². The van der Waals surface area contributed by atoms with E-state index in [1.54, 1.807) is 18.3 Å². The zero-order valence-corrected chi connectivity index (χ0v) is 14.1. The van der Waals surface area contributed by atoms with Gasteiger partial charge in [0.05, 0.1) is 12.6 Å². The Bertz CT molecular complexity index is 726. The number of rotatable bonds is 5. The molecule has 1 atom stereocenters. The predicted octanol–water partition coefficient (Wildman–Crippen LogP) is 3.16. The van der Waals surface area contributed by atoms with Gasteiger partial charge in [0.15, 0.2) is 0 Å². The van der Waals surface area contributed by atoms with E-state index in [1.165, 1.54) is 6.07 Å². The van der Waals surface area contributed by atoms with Crippen LogP contribution in [0.1, 0.15) is 43.3 Å². The second-order valence-corrected chi connectivity index (χ2v) is 6.65. The van der Waals surface area contributed by atoms with E-state index in [0.717, 1.165) is 36.3 Å². The summed E-state index contributed by atoms with van der Waals surface area (Å²) >= 11 is 0. The number of halogens is 1. The SMILES string of the molecule is CC(C)Cn1ccnc1CNC(=O)NC1CCc2cc(F)ccc21. The summed E-state index contributed by atoms with van der Waals surface area (Å²) < 4.78 is 15.3. The second-order valence-electron chi connectivity index (χ2n) is 6.65. The average Bonchev–Trinajstić information content (AvgIpc) is 3.11. The minimum Gasteiger partial charge on any atom is -0.333 e. The van der Waals surface area contributed by atoms with Crippen molar-refractivity contribution in [3.63, 3.8) is 0 Å². The lowest BCUT2D eigenvalue weighted by Crippen LogP contribution is -2.37. The van der Waals surface area contributed by atoms with Crippen molar-refractivity contribution in [2.75, 3.05) is 0 Å². The van der Waals surface area contributed by atoms with Gasteiger partial charge in [-0.3, -0.25) is 0 Å². The van der Waals surface area contributed by atoms with Crippen LogP contribution >= 0.6 is 0 Å². The molecule has 1 unspecified atom stereocenters. The molecule has 128 valence electrons. The zero-order valence-electron chi connectivity index (χ0n) is 14.1. The Morgan fingerprint density at radius 1 is 1.46 bits per heavy atom.